The van der Waals surface area contributed by atoms with Gasteiger partial charge in [0.1, 0.15) is 5.41 Å². The maximum absolute atomic E-state index is 11.8. The quantitative estimate of drug-likeness (QED) is 0.730. The lowest BCUT2D eigenvalue weighted by Crippen LogP contribution is -2.52. The van der Waals surface area contributed by atoms with Crippen LogP contribution >= 0.6 is 0 Å². The molecule has 2 amide bonds. The van der Waals surface area contributed by atoms with Crippen LogP contribution in [0, 0.1) is 5.41 Å². The first-order valence-corrected chi connectivity index (χ1v) is 6.77. The smallest absolute Gasteiger partial charge is 0.315 e. The highest BCUT2D eigenvalue weighted by atomic mass is 16.5. The molecule has 2 unspecified atom stereocenters. The molecule has 1 fully saturated rings. The van der Waals surface area contributed by atoms with Gasteiger partial charge in [0.15, 0.2) is 0 Å². The van der Waals surface area contributed by atoms with Crippen LogP contribution in [0.3, 0.4) is 0 Å². The molecule has 1 aromatic rings. The molecule has 0 aromatic carbocycles. The number of hydrogen-bond donors (Lipinski definition) is 3. The van der Waals surface area contributed by atoms with Gasteiger partial charge < -0.3 is 20.5 Å². The van der Waals surface area contributed by atoms with Crippen LogP contribution in [0.1, 0.15) is 12.5 Å². The Hall–Kier alpha value is -2.15. The Morgan fingerprint density at radius 2 is 2.38 bits per heavy atom. The van der Waals surface area contributed by atoms with E-state index in [0.717, 1.165) is 5.56 Å². The van der Waals surface area contributed by atoms with Crippen LogP contribution in [0.4, 0.5) is 4.79 Å². The van der Waals surface area contributed by atoms with E-state index in [1.807, 2.05) is 12.1 Å². The molecule has 7 heteroatoms. The van der Waals surface area contributed by atoms with Crippen molar-refractivity contribution in [2.24, 2.45) is 5.41 Å². The zero-order valence-corrected chi connectivity index (χ0v) is 11.8. The zero-order chi connectivity index (χ0) is 15.3. The Morgan fingerprint density at radius 1 is 1.57 bits per heavy atom. The number of aliphatic carboxylic acids is 1. The molecule has 0 radical (unpaired) electrons. The summed E-state index contributed by atoms with van der Waals surface area (Å²) in [5.74, 6) is -0.972. The monoisotopic (exact) mass is 293 g/mol. The molecule has 7 nitrogen and oxygen atoms in total. The second-order valence-electron chi connectivity index (χ2n) is 5.30. The molecule has 1 aromatic heterocycles. The highest BCUT2D eigenvalue weighted by Gasteiger charge is 2.47. The molecule has 0 spiro atoms. The van der Waals surface area contributed by atoms with E-state index in [1.165, 1.54) is 0 Å². The first-order chi connectivity index (χ1) is 10.0. The van der Waals surface area contributed by atoms with Gasteiger partial charge >= 0.3 is 12.0 Å². The van der Waals surface area contributed by atoms with E-state index in [-0.39, 0.29) is 19.2 Å². The van der Waals surface area contributed by atoms with Crippen molar-refractivity contribution in [2.75, 3.05) is 19.8 Å². The number of ether oxygens (including phenoxy) is 1. The average molecular weight is 293 g/mol. The molecule has 0 saturated carbocycles. The second kappa shape index (κ2) is 6.53. The molecule has 1 saturated heterocycles. The number of carbonyl (C=O) groups is 2. The summed E-state index contributed by atoms with van der Waals surface area (Å²) in [5.41, 5.74) is -0.0573. The van der Waals surface area contributed by atoms with Gasteiger partial charge in [-0.3, -0.25) is 9.78 Å². The minimum absolute atomic E-state index is 0.100. The van der Waals surface area contributed by atoms with Crippen LogP contribution in [0.2, 0.25) is 0 Å². The summed E-state index contributed by atoms with van der Waals surface area (Å²) in [6.45, 7) is 2.33. The summed E-state index contributed by atoms with van der Waals surface area (Å²) in [6.07, 6.45) is 4.10. The lowest BCUT2D eigenvalue weighted by molar-refractivity contribution is -0.148. The second-order valence-corrected chi connectivity index (χ2v) is 5.30. The number of nitrogens with zero attached hydrogens (tertiary/aromatic N) is 1. The van der Waals surface area contributed by atoms with Gasteiger partial charge in [-0.25, -0.2) is 4.79 Å². The van der Waals surface area contributed by atoms with Gasteiger partial charge in [-0.05, 0) is 25.0 Å². The van der Waals surface area contributed by atoms with Crippen molar-refractivity contribution in [1.82, 2.24) is 15.6 Å². The third-order valence-electron chi connectivity index (χ3n) is 3.67. The van der Waals surface area contributed by atoms with Crippen molar-refractivity contribution in [1.29, 1.82) is 0 Å². The van der Waals surface area contributed by atoms with Gasteiger partial charge in [-0.15, -0.1) is 0 Å². The first kappa shape index (κ1) is 15.2. The number of hydrogen-bond acceptors (Lipinski definition) is 4. The maximum atomic E-state index is 11.8. The minimum Gasteiger partial charge on any atom is -0.481 e. The largest absolute Gasteiger partial charge is 0.481 e. The molecule has 2 heterocycles. The van der Waals surface area contributed by atoms with Gasteiger partial charge in [0, 0.05) is 18.9 Å². The lowest BCUT2D eigenvalue weighted by atomic mass is 9.85. The number of pyridine rings is 1. The number of urea groups is 1. The molecular weight excluding hydrogens is 274 g/mol. The Bertz CT molecular complexity index is 508. The molecule has 114 valence electrons. The Labute approximate surface area is 122 Å². The molecule has 1 aliphatic rings. The summed E-state index contributed by atoms with van der Waals surface area (Å²) in [6, 6.07) is 2.85. The summed E-state index contributed by atoms with van der Waals surface area (Å²) in [4.78, 5) is 27.1. The summed E-state index contributed by atoms with van der Waals surface area (Å²) in [5, 5.41) is 14.6. The molecule has 2 atom stereocenters. The van der Waals surface area contributed by atoms with Crippen molar-refractivity contribution >= 4 is 12.0 Å². The third-order valence-corrected chi connectivity index (χ3v) is 3.67. The van der Waals surface area contributed by atoms with Gasteiger partial charge in [0.25, 0.3) is 0 Å². The Kier molecular flexibility index (Phi) is 4.74. The van der Waals surface area contributed by atoms with Gasteiger partial charge in [0.05, 0.1) is 19.3 Å². The summed E-state index contributed by atoms with van der Waals surface area (Å²) < 4.78 is 5.18. The first-order valence-electron chi connectivity index (χ1n) is 6.77. The number of nitrogens with one attached hydrogen (secondary N) is 2. The molecule has 0 bridgehead atoms. The molecule has 0 aliphatic carbocycles. The van der Waals surface area contributed by atoms with Crippen molar-refractivity contribution in [3.05, 3.63) is 30.1 Å². The minimum atomic E-state index is -1.08. The van der Waals surface area contributed by atoms with Crippen LogP contribution in [-0.2, 0) is 16.0 Å². The third kappa shape index (κ3) is 3.69. The summed E-state index contributed by atoms with van der Waals surface area (Å²) in [7, 11) is 0. The predicted octanol–water partition coefficient (Wildman–Crippen LogP) is 0.413. The van der Waals surface area contributed by atoms with Crippen molar-refractivity contribution in [2.45, 2.75) is 19.4 Å². The van der Waals surface area contributed by atoms with Crippen molar-refractivity contribution < 1.29 is 19.4 Å². The average Bonchev–Trinajstić information content (AvgIpc) is 2.83. The fourth-order valence-corrected chi connectivity index (χ4v) is 2.16. The van der Waals surface area contributed by atoms with Gasteiger partial charge in [0.2, 0.25) is 0 Å². The van der Waals surface area contributed by atoms with E-state index >= 15 is 0 Å². The van der Waals surface area contributed by atoms with E-state index in [9.17, 15) is 14.7 Å². The van der Waals surface area contributed by atoms with Crippen LogP contribution < -0.4 is 10.6 Å². The standard InChI is InChI=1S/C14H19N3O4/c1-14(12(18)19)9-21-8-11(14)17-13(20)16-6-4-10-3-2-5-15-7-10/h2-3,5,7,11H,4,6,8-9H2,1H3,(H,18,19)(H2,16,17,20). The van der Waals surface area contributed by atoms with Gasteiger partial charge in [-0.1, -0.05) is 6.07 Å². The molecule has 1 aliphatic heterocycles. The highest BCUT2D eigenvalue weighted by molar-refractivity contribution is 5.79. The fraction of sp³-hybridized carbons (Fsp3) is 0.500. The Morgan fingerprint density at radius 3 is 3.05 bits per heavy atom. The molecule has 3 N–H and O–H groups in total. The lowest BCUT2D eigenvalue weighted by Gasteiger charge is -2.25. The van der Waals surface area contributed by atoms with E-state index in [0.29, 0.717) is 13.0 Å². The SMILES string of the molecule is CC1(C(=O)O)COCC1NC(=O)NCCc1cccnc1. The predicted molar refractivity (Wildman–Crippen MR) is 74.8 cm³/mol. The van der Waals surface area contributed by atoms with Crippen molar-refractivity contribution in [3.8, 4) is 0 Å². The number of carboxylic acid groups (broad SMARTS) is 1. The Balaban J connectivity index is 1.78. The van der Waals surface area contributed by atoms with Crippen LogP contribution in [-0.4, -0.2) is 47.9 Å². The highest BCUT2D eigenvalue weighted by Crippen LogP contribution is 2.28. The fourth-order valence-electron chi connectivity index (χ4n) is 2.16. The van der Waals surface area contributed by atoms with E-state index in [4.69, 9.17) is 4.74 Å². The molecular formula is C14H19N3O4. The van der Waals surface area contributed by atoms with E-state index < -0.39 is 17.4 Å². The van der Waals surface area contributed by atoms with Crippen LogP contribution in [0.5, 0.6) is 0 Å². The van der Waals surface area contributed by atoms with Crippen LogP contribution in [0.25, 0.3) is 0 Å². The van der Waals surface area contributed by atoms with Crippen LogP contribution in [0.15, 0.2) is 24.5 Å². The molecule has 21 heavy (non-hydrogen) atoms. The number of rotatable bonds is 5. The molecule has 2 rings (SSSR count). The zero-order valence-electron chi connectivity index (χ0n) is 11.8. The maximum Gasteiger partial charge on any atom is 0.315 e. The number of aromatic nitrogens is 1. The van der Waals surface area contributed by atoms with E-state index in [1.54, 1.807) is 19.3 Å². The van der Waals surface area contributed by atoms with E-state index in [2.05, 4.69) is 15.6 Å². The van der Waals surface area contributed by atoms with Gasteiger partial charge in [-0.2, -0.15) is 0 Å². The number of carboxylic acids is 1. The number of carbonyl (C=O) groups excluding carboxylic acids is 1. The number of amides is 2. The van der Waals surface area contributed by atoms with Crippen molar-refractivity contribution in [3.63, 3.8) is 0 Å². The topological polar surface area (TPSA) is 101 Å². The summed E-state index contributed by atoms with van der Waals surface area (Å²) >= 11 is 0. The normalized spacial score (nSPS) is 24.5.